The van der Waals surface area contributed by atoms with Crippen LogP contribution in [0, 0.1) is 5.92 Å². The first-order valence-electron chi connectivity index (χ1n) is 5.35. The van der Waals surface area contributed by atoms with Crippen LogP contribution < -0.4 is 11.3 Å². The number of hydrogen-bond acceptors (Lipinski definition) is 2. The Labute approximate surface area is 81.6 Å². The molecule has 1 saturated carbocycles. The van der Waals surface area contributed by atoms with Crippen molar-refractivity contribution >= 4 is 0 Å². The van der Waals surface area contributed by atoms with Crippen LogP contribution in [0.3, 0.4) is 0 Å². The molecule has 2 heteroatoms. The van der Waals surface area contributed by atoms with Gasteiger partial charge in [0.15, 0.2) is 0 Å². The largest absolute Gasteiger partial charge is 0.271 e. The molecule has 0 aromatic carbocycles. The number of nitrogens with one attached hydrogen (secondary N) is 1. The fourth-order valence-corrected chi connectivity index (χ4v) is 2.17. The van der Waals surface area contributed by atoms with E-state index < -0.39 is 0 Å². The highest BCUT2D eigenvalue weighted by Gasteiger charge is 2.18. The number of hydrogen-bond donors (Lipinski definition) is 2. The molecule has 1 unspecified atom stereocenters. The Hall–Kier alpha value is -0.340. The molecule has 0 bridgehead atoms. The Morgan fingerprint density at radius 3 is 2.54 bits per heavy atom. The Kier molecular flexibility index (Phi) is 4.46. The maximum Gasteiger partial charge on any atom is 0.0417 e. The van der Waals surface area contributed by atoms with Crippen molar-refractivity contribution in [3.8, 4) is 0 Å². The Bertz CT molecular complexity index is 159. The second-order valence-corrected chi connectivity index (χ2v) is 4.31. The lowest BCUT2D eigenvalue weighted by Crippen LogP contribution is -2.37. The molecule has 0 amide bonds. The second kappa shape index (κ2) is 5.40. The van der Waals surface area contributed by atoms with E-state index in [0.717, 1.165) is 11.5 Å². The molecule has 0 spiro atoms. The van der Waals surface area contributed by atoms with Crippen LogP contribution in [-0.4, -0.2) is 6.04 Å². The SMILES string of the molecule is C=C(C)C(CC1CCCCC1)NN. The summed E-state index contributed by atoms with van der Waals surface area (Å²) in [5.74, 6) is 6.35. The fraction of sp³-hybridized carbons (Fsp3) is 0.818. The van der Waals surface area contributed by atoms with Crippen LogP contribution in [0.25, 0.3) is 0 Å². The zero-order valence-electron chi connectivity index (χ0n) is 8.68. The van der Waals surface area contributed by atoms with Crippen LogP contribution in [0.2, 0.25) is 0 Å². The average molecular weight is 182 g/mol. The van der Waals surface area contributed by atoms with Gasteiger partial charge in [0, 0.05) is 6.04 Å². The van der Waals surface area contributed by atoms with Crippen molar-refractivity contribution in [2.45, 2.75) is 51.5 Å². The molecule has 3 N–H and O–H groups in total. The number of nitrogens with two attached hydrogens (primary N) is 1. The molecule has 1 fully saturated rings. The van der Waals surface area contributed by atoms with Gasteiger partial charge in [0.25, 0.3) is 0 Å². The van der Waals surface area contributed by atoms with Gasteiger partial charge in [0.05, 0.1) is 0 Å². The lowest BCUT2D eigenvalue weighted by molar-refractivity contribution is 0.312. The van der Waals surface area contributed by atoms with Crippen molar-refractivity contribution in [3.05, 3.63) is 12.2 Å². The zero-order chi connectivity index (χ0) is 9.68. The topological polar surface area (TPSA) is 38.0 Å². The van der Waals surface area contributed by atoms with E-state index in [4.69, 9.17) is 5.84 Å². The van der Waals surface area contributed by atoms with Gasteiger partial charge < -0.3 is 0 Å². The Balaban J connectivity index is 2.31. The van der Waals surface area contributed by atoms with E-state index in [1.807, 2.05) is 6.92 Å². The zero-order valence-corrected chi connectivity index (χ0v) is 8.68. The summed E-state index contributed by atoms with van der Waals surface area (Å²) in [7, 11) is 0. The third kappa shape index (κ3) is 3.49. The normalized spacial score (nSPS) is 21.4. The first-order chi connectivity index (χ1) is 6.24. The molecule has 0 saturated heterocycles. The molecular weight excluding hydrogens is 160 g/mol. The molecule has 1 aliphatic carbocycles. The van der Waals surface area contributed by atoms with E-state index in [0.29, 0.717) is 6.04 Å². The van der Waals surface area contributed by atoms with Crippen molar-refractivity contribution in [2.24, 2.45) is 11.8 Å². The lowest BCUT2D eigenvalue weighted by Gasteiger charge is -2.26. The van der Waals surface area contributed by atoms with E-state index in [2.05, 4.69) is 12.0 Å². The lowest BCUT2D eigenvalue weighted by atomic mass is 9.84. The van der Waals surface area contributed by atoms with Gasteiger partial charge in [-0.15, -0.1) is 0 Å². The van der Waals surface area contributed by atoms with E-state index in [-0.39, 0.29) is 0 Å². The molecule has 0 radical (unpaired) electrons. The molecule has 76 valence electrons. The highest BCUT2D eigenvalue weighted by atomic mass is 15.2. The Morgan fingerprint density at radius 1 is 1.46 bits per heavy atom. The molecule has 13 heavy (non-hydrogen) atoms. The summed E-state index contributed by atoms with van der Waals surface area (Å²) >= 11 is 0. The number of rotatable bonds is 4. The fourth-order valence-electron chi connectivity index (χ4n) is 2.17. The average Bonchev–Trinajstić information content (AvgIpc) is 2.15. The molecule has 0 heterocycles. The van der Waals surface area contributed by atoms with Crippen molar-refractivity contribution in [1.29, 1.82) is 0 Å². The summed E-state index contributed by atoms with van der Waals surface area (Å²) in [5.41, 5.74) is 4.01. The minimum atomic E-state index is 0.322. The molecule has 1 aliphatic rings. The van der Waals surface area contributed by atoms with Crippen LogP contribution in [-0.2, 0) is 0 Å². The molecular formula is C11H22N2. The van der Waals surface area contributed by atoms with Gasteiger partial charge in [-0.1, -0.05) is 44.3 Å². The first kappa shape index (κ1) is 10.7. The van der Waals surface area contributed by atoms with Gasteiger partial charge in [-0.25, -0.2) is 0 Å². The van der Waals surface area contributed by atoms with Crippen molar-refractivity contribution in [1.82, 2.24) is 5.43 Å². The van der Waals surface area contributed by atoms with Crippen LogP contribution in [0.15, 0.2) is 12.2 Å². The number of hydrazine groups is 1. The molecule has 0 aliphatic heterocycles. The minimum absolute atomic E-state index is 0.322. The first-order valence-corrected chi connectivity index (χ1v) is 5.35. The molecule has 1 atom stereocenters. The van der Waals surface area contributed by atoms with Crippen LogP contribution in [0.5, 0.6) is 0 Å². The quantitative estimate of drug-likeness (QED) is 0.398. The summed E-state index contributed by atoms with van der Waals surface area (Å²) < 4.78 is 0. The third-order valence-corrected chi connectivity index (χ3v) is 3.09. The van der Waals surface area contributed by atoms with Gasteiger partial charge in [-0.2, -0.15) is 0 Å². The van der Waals surface area contributed by atoms with Gasteiger partial charge in [0.2, 0.25) is 0 Å². The van der Waals surface area contributed by atoms with Crippen LogP contribution in [0.1, 0.15) is 45.4 Å². The minimum Gasteiger partial charge on any atom is -0.271 e. The van der Waals surface area contributed by atoms with E-state index in [1.54, 1.807) is 0 Å². The predicted octanol–water partition coefficient (Wildman–Crippen LogP) is 2.36. The van der Waals surface area contributed by atoms with Crippen molar-refractivity contribution < 1.29 is 0 Å². The van der Waals surface area contributed by atoms with Crippen molar-refractivity contribution in [3.63, 3.8) is 0 Å². The standard InChI is InChI=1S/C11H22N2/c1-9(2)11(13-12)8-10-6-4-3-5-7-10/h10-11,13H,1,3-8,12H2,2H3. The summed E-state index contributed by atoms with van der Waals surface area (Å²) in [4.78, 5) is 0. The molecule has 1 rings (SSSR count). The van der Waals surface area contributed by atoms with E-state index in [1.165, 1.54) is 38.5 Å². The van der Waals surface area contributed by atoms with Gasteiger partial charge in [-0.05, 0) is 19.3 Å². The van der Waals surface area contributed by atoms with Gasteiger partial charge in [0.1, 0.15) is 0 Å². The molecule has 2 nitrogen and oxygen atoms in total. The summed E-state index contributed by atoms with van der Waals surface area (Å²) in [6, 6.07) is 0.322. The second-order valence-electron chi connectivity index (χ2n) is 4.31. The summed E-state index contributed by atoms with van der Waals surface area (Å²) in [6.07, 6.45) is 8.16. The van der Waals surface area contributed by atoms with Gasteiger partial charge in [-0.3, -0.25) is 11.3 Å². The molecule has 0 aromatic rings. The third-order valence-electron chi connectivity index (χ3n) is 3.09. The van der Waals surface area contributed by atoms with E-state index in [9.17, 15) is 0 Å². The maximum atomic E-state index is 5.48. The van der Waals surface area contributed by atoms with Crippen LogP contribution >= 0.6 is 0 Å². The smallest absolute Gasteiger partial charge is 0.0417 e. The highest BCUT2D eigenvalue weighted by Crippen LogP contribution is 2.28. The van der Waals surface area contributed by atoms with Crippen LogP contribution in [0.4, 0.5) is 0 Å². The maximum absolute atomic E-state index is 5.48. The predicted molar refractivity (Wildman–Crippen MR) is 57.1 cm³/mol. The molecule has 0 aromatic heterocycles. The summed E-state index contributed by atoms with van der Waals surface area (Å²) in [5, 5.41) is 0. The van der Waals surface area contributed by atoms with E-state index >= 15 is 0 Å². The highest BCUT2D eigenvalue weighted by molar-refractivity contribution is 5.01. The van der Waals surface area contributed by atoms with Gasteiger partial charge >= 0.3 is 0 Å². The Morgan fingerprint density at radius 2 is 2.08 bits per heavy atom. The summed E-state index contributed by atoms with van der Waals surface area (Å²) in [6.45, 7) is 6.00. The van der Waals surface area contributed by atoms with Crippen molar-refractivity contribution in [2.75, 3.05) is 0 Å². The monoisotopic (exact) mass is 182 g/mol.